The normalized spacial score (nSPS) is 17.8. The number of amides is 1. The molecule has 1 amide bonds. The summed E-state index contributed by atoms with van der Waals surface area (Å²) in [5.74, 6) is 0.110. The largest absolute Gasteiger partial charge is 0.336 e. The van der Waals surface area contributed by atoms with E-state index in [1.807, 2.05) is 23.1 Å². The molecule has 26 heavy (non-hydrogen) atoms. The molecule has 0 radical (unpaired) electrons. The molecule has 0 bridgehead atoms. The van der Waals surface area contributed by atoms with Gasteiger partial charge in [-0.2, -0.15) is 0 Å². The first-order chi connectivity index (χ1) is 12.5. The van der Waals surface area contributed by atoms with Gasteiger partial charge >= 0.3 is 0 Å². The van der Waals surface area contributed by atoms with Gasteiger partial charge in [-0.05, 0) is 36.3 Å². The summed E-state index contributed by atoms with van der Waals surface area (Å²) in [6, 6.07) is 13.6. The van der Waals surface area contributed by atoms with E-state index in [9.17, 15) is 13.2 Å². The zero-order valence-electron chi connectivity index (χ0n) is 14.9. The zero-order valence-corrected chi connectivity index (χ0v) is 16.5. The highest BCUT2D eigenvalue weighted by molar-refractivity contribution is 7.91. The molecule has 1 unspecified atom stereocenters. The molecule has 1 aromatic heterocycles. The Morgan fingerprint density at radius 1 is 1.23 bits per heavy atom. The maximum atomic E-state index is 12.6. The van der Waals surface area contributed by atoms with E-state index >= 15 is 0 Å². The molecule has 3 rings (SSSR count). The second-order valence-corrected chi connectivity index (χ2v) is 9.74. The molecule has 5 nitrogen and oxygen atoms in total. The van der Waals surface area contributed by atoms with Crippen LogP contribution in [-0.4, -0.2) is 43.7 Å². The maximum absolute atomic E-state index is 12.6. The van der Waals surface area contributed by atoms with Gasteiger partial charge in [0.1, 0.15) is 4.21 Å². The van der Waals surface area contributed by atoms with Gasteiger partial charge in [0, 0.05) is 26.6 Å². The summed E-state index contributed by atoms with van der Waals surface area (Å²) in [5, 5.41) is 1.75. The molecule has 0 N–H and O–H groups in total. The number of nitrogens with zero attached hydrogens (tertiary/aromatic N) is 2. The fourth-order valence-electron chi connectivity index (χ4n) is 3.37. The molecular weight excluding hydrogens is 368 g/mol. The van der Waals surface area contributed by atoms with E-state index in [2.05, 4.69) is 12.1 Å². The van der Waals surface area contributed by atoms with Crippen molar-refractivity contribution < 1.29 is 13.2 Å². The number of carbonyl (C=O) groups excluding carboxylic acids is 1. The number of likely N-dealkylation sites (tertiary alicyclic amines) is 1. The third kappa shape index (κ3) is 4.16. The highest BCUT2D eigenvalue weighted by atomic mass is 32.2. The first-order valence-corrected chi connectivity index (χ1v) is 11.2. The number of benzene rings is 1. The van der Waals surface area contributed by atoms with Crippen molar-refractivity contribution in [3.8, 4) is 0 Å². The van der Waals surface area contributed by atoms with Gasteiger partial charge in [0.25, 0.3) is 10.0 Å². The highest BCUT2D eigenvalue weighted by Crippen LogP contribution is 2.32. The summed E-state index contributed by atoms with van der Waals surface area (Å²) in [5.41, 5.74) is 1.18. The number of sulfonamides is 1. The van der Waals surface area contributed by atoms with Crippen LogP contribution in [0.15, 0.2) is 52.1 Å². The lowest BCUT2D eigenvalue weighted by Gasteiger charge is -2.25. The predicted molar refractivity (Wildman–Crippen MR) is 103 cm³/mol. The molecule has 1 saturated heterocycles. The van der Waals surface area contributed by atoms with Gasteiger partial charge in [0.15, 0.2) is 0 Å². The summed E-state index contributed by atoms with van der Waals surface area (Å²) in [7, 11) is -1.87. The molecule has 2 aromatic rings. The molecule has 2 heterocycles. The van der Waals surface area contributed by atoms with Crippen molar-refractivity contribution in [3.05, 3.63) is 53.4 Å². The lowest BCUT2D eigenvalue weighted by atomic mass is 10.0. The Labute approximate surface area is 159 Å². The van der Waals surface area contributed by atoms with E-state index in [-0.39, 0.29) is 11.9 Å². The van der Waals surface area contributed by atoms with Crippen LogP contribution in [-0.2, 0) is 14.8 Å². The third-order valence-corrected chi connectivity index (χ3v) is 8.01. The van der Waals surface area contributed by atoms with Gasteiger partial charge in [-0.1, -0.05) is 36.4 Å². The van der Waals surface area contributed by atoms with E-state index < -0.39 is 10.0 Å². The quantitative estimate of drug-likeness (QED) is 0.724. The third-order valence-electron chi connectivity index (χ3n) is 4.78. The first-order valence-electron chi connectivity index (χ1n) is 8.84. The molecule has 0 spiro atoms. The van der Waals surface area contributed by atoms with Crippen molar-refractivity contribution in [3.63, 3.8) is 0 Å². The van der Waals surface area contributed by atoms with E-state index in [0.29, 0.717) is 23.6 Å². The fraction of sp³-hybridized carbons (Fsp3) is 0.421. The molecule has 0 aliphatic carbocycles. The maximum Gasteiger partial charge on any atom is 0.252 e. The highest BCUT2D eigenvalue weighted by Gasteiger charge is 2.29. The van der Waals surface area contributed by atoms with Crippen LogP contribution >= 0.6 is 11.3 Å². The van der Waals surface area contributed by atoms with Crippen molar-refractivity contribution in [2.75, 3.05) is 20.1 Å². The molecule has 140 valence electrons. The summed E-state index contributed by atoms with van der Waals surface area (Å²) >= 11 is 1.21. The van der Waals surface area contributed by atoms with Crippen LogP contribution in [0.1, 0.15) is 37.3 Å². The Balaban J connectivity index is 1.54. The molecule has 0 saturated carbocycles. The van der Waals surface area contributed by atoms with Crippen LogP contribution in [0.25, 0.3) is 0 Å². The molecule has 1 aromatic carbocycles. The van der Waals surface area contributed by atoms with Crippen molar-refractivity contribution >= 4 is 27.3 Å². The van der Waals surface area contributed by atoms with Crippen LogP contribution in [0.3, 0.4) is 0 Å². The monoisotopic (exact) mass is 392 g/mol. The Morgan fingerprint density at radius 3 is 2.69 bits per heavy atom. The lowest BCUT2D eigenvalue weighted by molar-refractivity contribution is -0.132. The van der Waals surface area contributed by atoms with Gasteiger partial charge in [0.2, 0.25) is 5.91 Å². The summed E-state index contributed by atoms with van der Waals surface area (Å²) in [6.45, 7) is 1.12. The second kappa shape index (κ2) is 8.33. The van der Waals surface area contributed by atoms with Crippen LogP contribution in [0.2, 0.25) is 0 Å². The van der Waals surface area contributed by atoms with Gasteiger partial charge < -0.3 is 4.90 Å². The topological polar surface area (TPSA) is 57.7 Å². The second-order valence-electron chi connectivity index (χ2n) is 6.52. The van der Waals surface area contributed by atoms with E-state index in [0.717, 1.165) is 19.4 Å². The number of hydrogen-bond donors (Lipinski definition) is 0. The Bertz CT molecular complexity index is 820. The van der Waals surface area contributed by atoms with Crippen molar-refractivity contribution in [2.45, 2.75) is 35.9 Å². The fourth-order valence-corrected chi connectivity index (χ4v) is 5.78. The van der Waals surface area contributed by atoms with E-state index in [1.54, 1.807) is 24.6 Å². The summed E-state index contributed by atoms with van der Waals surface area (Å²) in [4.78, 5) is 14.6. The SMILES string of the molecule is CN(CCCC(=O)N1CCCC1c1ccccc1)S(=O)(=O)c1cccs1. The number of hydrogen-bond acceptors (Lipinski definition) is 4. The average molecular weight is 393 g/mol. The Kier molecular flexibility index (Phi) is 6.11. The van der Waals surface area contributed by atoms with Gasteiger partial charge in [-0.3, -0.25) is 4.79 Å². The van der Waals surface area contributed by atoms with Gasteiger partial charge in [-0.25, -0.2) is 12.7 Å². The average Bonchev–Trinajstić information content (AvgIpc) is 3.34. The minimum absolute atomic E-state index is 0.110. The molecule has 1 aliphatic rings. The first kappa shape index (κ1) is 19.1. The van der Waals surface area contributed by atoms with Crippen LogP contribution < -0.4 is 0 Å². The summed E-state index contributed by atoms with van der Waals surface area (Å²) in [6.07, 6.45) is 2.89. The smallest absolute Gasteiger partial charge is 0.252 e. The molecular formula is C19H24N2O3S2. The number of carbonyl (C=O) groups is 1. The minimum atomic E-state index is -3.44. The van der Waals surface area contributed by atoms with Crippen molar-refractivity contribution in [2.24, 2.45) is 0 Å². The van der Waals surface area contributed by atoms with Crippen LogP contribution in [0, 0.1) is 0 Å². The van der Waals surface area contributed by atoms with Gasteiger partial charge in [0.05, 0.1) is 6.04 Å². The standard InChI is InChI=1S/C19H24N2O3S2/c1-20(26(23,24)19-12-7-15-25-19)13-6-11-18(22)21-14-5-10-17(21)16-8-3-2-4-9-16/h2-4,7-9,12,15,17H,5-6,10-11,13-14H2,1H3. The molecule has 1 fully saturated rings. The summed E-state index contributed by atoms with van der Waals surface area (Å²) < 4.78 is 26.5. The predicted octanol–water partition coefficient (Wildman–Crippen LogP) is 3.51. The van der Waals surface area contributed by atoms with E-state index in [1.165, 1.54) is 21.2 Å². The zero-order chi connectivity index (χ0) is 18.6. The molecule has 1 atom stereocenters. The Hall–Kier alpha value is -1.70. The molecule has 7 heteroatoms. The molecule has 1 aliphatic heterocycles. The van der Waals surface area contributed by atoms with Gasteiger partial charge in [-0.15, -0.1) is 11.3 Å². The van der Waals surface area contributed by atoms with Crippen molar-refractivity contribution in [1.29, 1.82) is 0 Å². The number of rotatable bonds is 7. The Morgan fingerprint density at radius 2 is 2.00 bits per heavy atom. The number of thiophene rings is 1. The van der Waals surface area contributed by atoms with E-state index in [4.69, 9.17) is 0 Å². The lowest BCUT2D eigenvalue weighted by Crippen LogP contribution is -2.32. The minimum Gasteiger partial charge on any atom is -0.336 e. The van der Waals surface area contributed by atoms with Crippen LogP contribution in [0.4, 0.5) is 0 Å². The van der Waals surface area contributed by atoms with Crippen molar-refractivity contribution in [1.82, 2.24) is 9.21 Å². The van der Waals surface area contributed by atoms with Crippen LogP contribution in [0.5, 0.6) is 0 Å².